The topological polar surface area (TPSA) is 108 Å². The minimum atomic E-state index is -1.65. The Bertz CT molecular complexity index is 1240. The fourth-order valence-corrected chi connectivity index (χ4v) is 4.21. The molecular weight excluding hydrogens is 473 g/mol. The van der Waals surface area contributed by atoms with Gasteiger partial charge in [0.1, 0.15) is 18.1 Å². The van der Waals surface area contributed by atoms with Gasteiger partial charge in [-0.1, -0.05) is 6.07 Å². The molecule has 1 aliphatic heterocycles. The molecule has 37 heavy (non-hydrogen) atoms. The Morgan fingerprint density at radius 3 is 2.81 bits per heavy atom. The van der Waals surface area contributed by atoms with Crippen molar-refractivity contribution in [2.45, 2.75) is 45.3 Å². The van der Waals surface area contributed by atoms with Gasteiger partial charge in [-0.3, -0.25) is 9.78 Å². The van der Waals surface area contributed by atoms with Gasteiger partial charge in [-0.15, -0.1) is 0 Å². The van der Waals surface area contributed by atoms with Crippen LogP contribution in [0.3, 0.4) is 0 Å². The molecular formula is C28H34FN5O3. The predicted molar refractivity (Wildman–Crippen MR) is 143 cm³/mol. The monoisotopic (exact) mass is 507 g/mol. The second-order valence-corrected chi connectivity index (χ2v) is 9.72. The number of alkyl halides is 1. The summed E-state index contributed by atoms with van der Waals surface area (Å²) in [5.74, 6) is 0.724. The third-order valence-corrected chi connectivity index (χ3v) is 6.25. The van der Waals surface area contributed by atoms with Gasteiger partial charge in [-0.05, 0) is 87.2 Å². The number of hydrogen-bond donors (Lipinski definition) is 4. The molecule has 196 valence electrons. The molecule has 3 heterocycles. The lowest BCUT2D eigenvalue weighted by molar-refractivity contribution is 0.102. The van der Waals surface area contributed by atoms with Crippen LogP contribution in [0.15, 0.2) is 48.7 Å². The number of anilines is 2. The minimum absolute atomic E-state index is 0.0229. The summed E-state index contributed by atoms with van der Waals surface area (Å²) >= 11 is 0. The van der Waals surface area contributed by atoms with Crippen LogP contribution in [0.1, 0.15) is 48.3 Å². The molecule has 9 heteroatoms. The van der Waals surface area contributed by atoms with E-state index in [9.17, 15) is 14.3 Å². The van der Waals surface area contributed by atoms with Gasteiger partial charge in [-0.25, -0.2) is 4.39 Å². The minimum Gasteiger partial charge on any atom is -0.476 e. The van der Waals surface area contributed by atoms with E-state index >= 15 is 0 Å². The summed E-state index contributed by atoms with van der Waals surface area (Å²) in [4.78, 5) is 21.5. The average Bonchev–Trinajstić information content (AvgIpc) is 3.40. The first kappa shape index (κ1) is 26.5. The first-order valence-electron chi connectivity index (χ1n) is 12.5. The summed E-state index contributed by atoms with van der Waals surface area (Å²) in [5.41, 5.74) is 2.25. The van der Waals surface area contributed by atoms with E-state index in [4.69, 9.17) is 4.74 Å². The number of hydrogen-bond acceptors (Lipinski definition) is 7. The quantitative estimate of drug-likeness (QED) is 0.321. The van der Waals surface area contributed by atoms with Crippen molar-refractivity contribution in [1.29, 1.82) is 0 Å². The summed E-state index contributed by atoms with van der Waals surface area (Å²) in [7, 11) is 0. The van der Waals surface area contributed by atoms with Crippen LogP contribution >= 0.6 is 0 Å². The standard InChI is InChI=1S/C28H34FN5O3/c1-18-6-7-21(33-27(36)19-8-10-31-24(13-19)28(2,3)29)16-23(18)20-14-25(32-11-12-35)34-26(15-20)37-17-22-5-4-9-30-22/h6-8,10,13-16,22,30,35H,4-5,9,11-12,17H2,1-3H3,(H,32,34)(H,33,36). The van der Waals surface area contributed by atoms with Crippen molar-refractivity contribution in [3.63, 3.8) is 0 Å². The van der Waals surface area contributed by atoms with Crippen LogP contribution < -0.4 is 20.7 Å². The van der Waals surface area contributed by atoms with Crippen LogP contribution in [-0.2, 0) is 5.67 Å². The zero-order valence-corrected chi connectivity index (χ0v) is 21.5. The van der Waals surface area contributed by atoms with E-state index in [1.165, 1.54) is 26.1 Å². The first-order chi connectivity index (χ1) is 17.7. The molecule has 1 atom stereocenters. The van der Waals surface area contributed by atoms with Crippen molar-refractivity contribution in [3.8, 4) is 17.0 Å². The SMILES string of the molecule is Cc1ccc(NC(=O)c2ccnc(C(C)(C)F)c2)cc1-c1cc(NCCO)nc(OCC2CCCN2)c1. The third-order valence-electron chi connectivity index (χ3n) is 6.25. The van der Waals surface area contributed by atoms with Crippen molar-refractivity contribution >= 4 is 17.4 Å². The highest BCUT2D eigenvalue weighted by Crippen LogP contribution is 2.31. The fraction of sp³-hybridized carbons (Fsp3) is 0.393. The molecule has 1 unspecified atom stereocenters. The number of aromatic nitrogens is 2. The van der Waals surface area contributed by atoms with Crippen LogP contribution in [0.2, 0.25) is 0 Å². The number of halogens is 1. The zero-order valence-electron chi connectivity index (χ0n) is 21.5. The van der Waals surface area contributed by atoms with Crippen molar-refractivity contribution in [3.05, 3.63) is 65.5 Å². The number of aryl methyl sites for hydroxylation is 1. The van der Waals surface area contributed by atoms with Gasteiger partial charge in [0.25, 0.3) is 5.91 Å². The number of benzene rings is 1. The number of aliphatic hydroxyl groups is 1. The summed E-state index contributed by atoms with van der Waals surface area (Å²) in [6, 6.07) is 12.7. The molecule has 0 saturated carbocycles. The number of rotatable bonds is 10. The third kappa shape index (κ3) is 7.02. The van der Waals surface area contributed by atoms with E-state index in [0.717, 1.165) is 36.1 Å². The van der Waals surface area contributed by atoms with E-state index in [2.05, 4.69) is 25.9 Å². The summed E-state index contributed by atoms with van der Waals surface area (Å²) in [6.45, 7) is 6.66. The van der Waals surface area contributed by atoms with Gasteiger partial charge < -0.3 is 25.8 Å². The van der Waals surface area contributed by atoms with E-state index in [-0.39, 0.29) is 18.2 Å². The number of nitrogens with one attached hydrogen (secondary N) is 3. The van der Waals surface area contributed by atoms with Crippen molar-refractivity contribution < 1.29 is 19.0 Å². The van der Waals surface area contributed by atoms with Crippen LogP contribution in [0, 0.1) is 6.92 Å². The molecule has 1 aromatic carbocycles. The Kier molecular flexibility index (Phi) is 8.35. The highest BCUT2D eigenvalue weighted by molar-refractivity contribution is 6.04. The van der Waals surface area contributed by atoms with Crippen molar-refractivity contribution in [2.75, 3.05) is 36.9 Å². The molecule has 0 radical (unpaired) electrons. The van der Waals surface area contributed by atoms with Crippen LogP contribution in [0.5, 0.6) is 5.88 Å². The van der Waals surface area contributed by atoms with E-state index in [0.29, 0.717) is 42.1 Å². The molecule has 0 spiro atoms. The molecule has 1 saturated heterocycles. The Balaban J connectivity index is 1.59. The van der Waals surface area contributed by atoms with Gasteiger partial charge in [0, 0.05) is 36.1 Å². The highest BCUT2D eigenvalue weighted by Gasteiger charge is 2.22. The molecule has 2 aromatic heterocycles. The average molecular weight is 508 g/mol. The maximum absolute atomic E-state index is 14.3. The Labute approximate surface area is 216 Å². The first-order valence-corrected chi connectivity index (χ1v) is 12.5. The molecule has 8 nitrogen and oxygen atoms in total. The molecule has 4 N–H and O–H groups in total. The van der Waals surface area contributed by atoms with Crippen LogP contribution in [0.4, 0.5) is 15.9 Å². The number of pyridine rings is 2. The maximum Gasteiger partial charge on any atom is 0.255 e. The molecule has 4 rings (SSSR count). The Hall–Kier alpha value is -3.56. The van der Waals surface area contributed by atoms with Crippen molar-refractivity contribution in [1.82, 2.24) is 15.3 Å². The van der Waals surface area contributed by atoms with Gasteiger partial charge in [-0.2, -0.15) is 4.98 Å². The summed E-state index contributed by atoms with van der Waals surface area (Å²) in [6.07, 6.45) is 3.64. The largest absolute Gasteiger partial charge is 0.476 e. The summed E-state index contributed by atoms with van der Waals surface area (Å²) < 4.78 is 20.4. The molecule has 3 aromatic rings. The number of carbonyl (C=O) groups is 1. The number of ether oxygens (including phenoxy) is 1. The molecule has 0 bridgehead atoms. The van der Waals surface area contributed by atoms with Gasteiger partial charge in [0.2, 0.25) is 5.88 Å². The van der Waals surface area contributed by atoms with Gasteiger partial charge >= 0.3 is 0 Å². The molecule has 1 fully saturated rings. The Morgan fingerprint density at radius 2 is 2.08 bits per heavy atom. The maximum atomic E-state index is 14.3. The fourth-order valence-electron chi connectivity index (χ4n) is 4.21. The molecule has 0 aliphatic carbocycles. The van der Waals surface area contributed by atoms with Crippen molar-refractivity contribution in [2.24, 2.45) is 0 Å². The molecule has 1 aliphatic rings. The highest BCUT2D eigenvalue weighted by atomic mass is 19.1. The van der Waals surface area contributed by atoms with Crippen LogP contribution in [-0.4, -0.2) is 53.3 Å². The lowest BCUT2D eigenvalue weighted by atomic mass is 10.00. The van der Waals surface area contributed by atoms with E-state index in [1.54, 1.807) is 6.07 Å². The number of amides is 1. The smallest absolute Gasteiger partial charge is 0.255 e. The zero-order chi connectivity index (χ0) is 26.4. The number of nitrogens with zero attached hydrogens (tertiary/aromatic N) is 2. The van der Waals surface area contributed by atoms with Crippen LogP contribution in [0.25, 0.3) is 11.1 Å². The van der Waals surface area contributed by atoms with Gasteiger partial charge in [0.15, 0.2) is 0 Å². The Morgan fingerprint density at radius 1 is 1.24 bits per heavy atom. The number of aliphatic hydroxyl groups excluding tert-OH is 1. The molecule has 1 amide bonds. The second kappa shape index (κ2) is 11.7. The summed E-state index contributed by atoms with van der Waals surface area (Å²) in [5, 5.41) is 18.7. The van der Waals surface area contributed by atoms with E-state index in [1.807, 2.05) is 37.3 Å². The normalized spacial score (nSPS) is 15.4. The second-order valence-electron chi connectivity index (χ2n) is 9.72. The lowest BCUT2D eigenvalue weighted by Crippen LogP contribution is -2.28. The predicted octanol–water partition coefficient (Wildman–Crippen LogP) is 4.44. The van der Waals surface area contributed by atoms with Gasteiger partial charge in [0.05, 0.1) is 12.3 Å². The number of carbonyl (C=O) groups excluding carboxylic acids is 1. The lowest BCUT2D eigenvalue weighted by Gasteiger charge is -2.16. The van der Waals surface area contributed by atoms with E-state index < -0.39 is 5.67 Å².